The number of hydrogen-bond donors (Lipinski definition) is 0. The van der Waals surface area contributed by atoms with Crippen molar-refractivity contribution in [2.75, 3.05) is 0 Å². The first-order chi connectivity index (χ1) is 4.27. The van der Waals surface area contributed by atoms with Gasteiger partial charge in [0.1, 0.15) is 0 Å². The van der Waals surface area contributed by atoms with Crippen LogP contribution in [0.2, 0.25) is 0 Å². The van der Waals surface area contributed by atoms with Crippen molar-refractivity contribution in [1.29, 1.82) is 0 Å². The van der Waals surface area contributed by atoms with E-state index in [4.69, 9.17) is 0 Å². The van der Waals surface area contributed by atoms with Crippen LogP contribution in [0.25, 0.3) is 0 Å². The Hall–Kier alpha value is 0.430. The fraction of sp³-hybridized carbons (Fsp3) is 1.00. The highest BCUT2D eigenvalue weighted by molar-refractivity contribution is 7.41. The second-order valence-corrected chi connectivity index (χ2v) is 7.22. The van der Waals surface area contributed by atoms with E-state index in [1.54, 1.807) is 8.58 Å². The van der Waals surface area contributed by atoms with Crippen molar-refractivity contribution in [2.24, 2.45) is 0 Å². The van der Waals surface area contributed by atoms with Gasteiger partial charge in [0.25, 0.3) is 0 Å². The SMILES string of the molecule is CCC(C)(C)[P]C(C)(C)C. The Kier molecular flexibility index (Phi) is 3.36. The predicted molar refractivity (Wildman–Crippen MR) is 51.0 cm³/mol. The highest BCUT2D eigenvalue weighted by atomic mass is 31.1. The molecule has 0 aliphatic carbocycles. The largest absolute Gasteiger partial charge is 0.0686 e. The van der Waals surface area contributed by atoms with Crippen molar-refractivity contribution < 1.29 is 0 Å². The smallest absolute Gasteiger partial charge is 0.0110 e. The first-order valence-corrected chi connectivity index (χ1v) is 4.90. The molecule has 0 aromatic rings. The molecule has 0 bridgehead atoms. The molecule has 0 rings (SSSR count). The lowest BCUT2D eigenvalue weighted by atomic mass is 10.1. The molecule has 0 nitrogen and oxygen atoms in total. The van der Waals surface area contributed by atoms with E-state index in [-0.39, 0.29) is 0 Å². The molecule has 0 aliphatic heterocycles. The third kappa shape index (κ3) is 5.23. The van der Waals surface area contributed by atoms with E-state index < -0.39 is 0 Å². The number of rotatable bonds is 2. The maximum atomic E-state index is 2.33. The van der Waals surface area contributed by atoms with Crippen molar-refractivity contribution in [3.8, 4) is 0 Å². The minimum Gasteiger partial charge on any atom is -0.0686 e. The third-order valence-electron chi connectivity index (χ3n) is 1.50. The Balaban J connectivity index is 3.89. The van der Waals surface area contributed by atoms with Crippen LogP contribution in [0.5, 0.6) is 0 Å². The number of hydrogen-bond acceptors (Lipinski definition) is 0. The zero-order chi connectivity index (χ0) is 8.41. The van der Waals surface area contributed by atoms with Crippen molar-refractivity contribution in [3.05, 3.63) is 0 Å². The maximum absolute atomic E-state index is 2.33. The summed E-state index contributed by atoms with van der Waals surface area (Å²) >= 11 is 0. The van der Waals surface area contributed by atoms with Gasteiger partial charge in [-0.3, -0.25) is 0 Å². The van der Waals surface area contributed by atoms with Gasteiger partial charge in [-0.25, -0.2) is 0 Å². The molecule has 0 unspecified atom stereocenters. The van der Waals surface area contributed by atoms with Crippen LogP contribution in [0, 0.1) is 0 Å². The molecule has 61 valence electrons. The van der Waals surface area contributed by atoms with Crippen molar-refractivity contribution in [1.82, 2.24) is 0 Å². The van der Waals surface area contributed by atoms with E-state index in [0.29, 0.717) is 10.3 Å². The minimum absolute atomic E-state index is 0.458. The maximum Gasteiger partial charge on any atom is -0.0110 e. The van der Waals surface area contributed by atoms with Gasteiger partial charge in [-0.2, -0.15) is 0 Å². The summed E-state index contributed by atoms with van der Waals surface area (Å²) in [6.45, 7) is 13.8. The lowest BCUT2D eigenvalue weighted by Crippen LogP contribution is -2.19. The molecule has 1 heteroatoms. The Morgan fingerprint density at radius 1 is 1.00 bits per heavy atom. The zero-order valence-electron chi connectivity index (χ0n) is 8.15. The Morgan fingerprint density at radius 2 is 1.40 bits per heavy atom. The van der Waals surface area contributed by atoms with E-state index in [9.17, 15) is 0 Å². The topological polar surface area (TPSA) is 0 Å². The van der Waals surface area contributed by atoms with E-state index in [0.717, 1.165) is 0 Å². The zero-order valence-corrected chi connectivity index (χ0v) is 9.05. The molecule has 0 aromatic carbocycles. The molecule has 0 heterocycles. The predicted octanol–water partition coefficient (Wildman–Crippen LogP) is 3.92. The van der Waals surface area contributed by atoms with Crippen LogP contribution in [0.4, 0.5) is 0 Å². The summed E-state index contributed by atoms with van der Waals surface area (Å²) in [5.74, 6) is 0. The second-order valence-electron chi connectivity index (χ2n) is 4.45. The van der Waals surface area contributed by atoms with E-state index in [1.165, 1.54) is 6.42 Å². The minimum atomic E-state index is 0.458. The monoisotopic (exact) mass is 159 g/mol. The third-order valence-corrected chi connectivity index (χ3v) is 3.10. The molecule has 0 N–H and O–H groups in total. The molecule has 1 radical (unpaired) electrons. The molecular formula is C9H20P. The van der Waals surface area contributed by atoms with Crippen LogP contribution in [0.3, 0.4) is 0 Å². The summed E-state index contributed by atoms with van der Waals surface area (Å²) in [6, 6.07) is 0. The van der Waals surface area contributed by atoms with Crippen LogP contribution in [-0.2, 0) is 0 Å². The molecular weight excluding hydrogens is 139 g/mol. The summed E-state index contributed by atoms with van der Waals surface area (Å²) < 4.78 is 0. The highest BCUT2D eigenvalue weighted by Gasteiger charge is 2.23. The Labute approximate surface area is 67.6 Å². The first kappa shape index (κ1) is 10.4. The van der Waals surface area contributed by atoms with Gasteiger partial charge in [-0.15, -0.1) is 0 Å². The van der Waals surface area contributed by atoms with Gasteiger partial charge in [0.05, 0.1) is 0 Å². The van der Waals surface area contributed by atoms with Gasteiger partial charge in [-0.05, 0) is 16.7 Å². The van der Waals surface area contributed by atoms with Gasteiger partial charge in [0.2, 0.25) is 0 Å². The summed E-state index contributed by atoms with van der Waals surface area (Å²) in [5.41, 5.74) is 0. The fourth-order valence-corrected chi connectivity index (χ4v) is 2.96. The van der Waals surface area contributed by atoms with Crippen LogP contribution < -0.4 is 0 Å². The van der Waals surface area contributed by atoms with Crippen LogP contribution >= 0.6 is 8.58 Å². The van der Waals surface area contributed by atoms with E-state index in [2.05, 4.69) is 41.5 Å². The quantitative estimate of drug-likeness (QED) is 0.536. The van der Waals surface area contributed by atoms with Crippen LogP contribution in [0.1, 0.15) is 48.0 Å². The van der Waals surface area contributed by atoms with Gasteiger partial charge in [-0.1, -0.05) is 50.1 Å². The molecule has 0 aromatic heterocycles. The Morgan fingerprint density at radius 3 is 1.50 bits per heavy atom. The molecule has 0 aliphatic rings. The van der Waals surface area contributed by atoms with Gasteiger partial charge < -0.3 is 0 Å². The average Bonchev–Trinajstić information content (AvgIpc) is 1.60. The molecule has 0 spiro atoms. The van der Waals surface area contributed by atoms with E-state index >= 15 is 0 Å². The summed E-state index contributed by atoms with van der Waals surface area (Å²) in [4.78, 5) is 0. The molecule has 10 heavy (non-hydrogen) atoms. The van der Waals surface area contributed by atoms with Crippen LogP contribution in [-0.4, -0.2) is 10.3 Å². The summed E-state index contributed by atoms with van der Waals surface area (Å²) in [7, 11) is 1.56. The molecule has 0 amide bonds. The first-order valence-electron chi connectivity index (χ1n) is 4.01. The second kappa shape index (κ2) is 3.22. The fourth-order valence-electron chi connectivity index (χ4n) is 0.987. The van der Waals surface area contributed by atoms with Gasteiger partial charge >= 0.3 is 0 Å². The normalized spacial score (nSPS) is 15.0. The molecule has 0 atom stereocenters. The van der Waals surface area contributed by atoms with Crippen LogP contribution in [0.15, 0.2) is 0 Å². The van der Waals surface area contributed by atoms with Gasteiger partial charge in [0.15, 0.2) is 0 Å². The highest BCUT2D eigenvalue weighted by Crippen LogP contribution is 2.44. The van der Waals surface area contributed by atoms with Crippen molar-refractivity contribution in [3.63, 3.8) is 0 Å². The summed E-state index contributed by atoms with van der Waals surface area (Å²) in [5, 5.41) is 0.956. The summed E-state index contributed by atoms with van der Waals surface area (Å²) in [6.07, 6.45) is 1.27. The lowest BCUT2D eigenvalue weighted by molar-refractivity contribution is 0.650. The Bertz CT molecular complexity index is 97.8. The average molecular weight is 159 g/mol. The molecule has 0 saturated carbocycles. The van der Waals surface area contributed by atoms with Crippen molar-refractivity contribution in [2.45, 2.75) is 58.3 Å². The van der Waals surface area contributed by atoms with Crippen molar-refractivity contribution >= 4 is 8.58 Å². The molecule has 0 fully saturated rings. The lowest BCUT2D eigenvalue weighted by Gasteiger charge is -2.30. The van der Waals surface area contributed by atoms with E-state index in [1.807, 2.05) is 0 Å². The van der Waals surface area contributed by atoms with Gasteiger partial charge in [0, 0.05) is 0 Å². The molecule has 0 saturated heterocycles. The standard InChI is InChI=1S/C9H20P/c1-7-9(5,6)10-8(2,3)4/h7H2,1-6H3.